The number of fused-ring (bicyclic) bond motifs is 2. The normalized spacial score (nSPS) is 37.0. The summed E-state index contributed by atoms with van der Waals surface area (Å²) in [5.74, 6) is -0.243. The van der Waals surface area contributed by atoms with Crippen LogP contribution in [0, 0.1) is 0 Å². The molecule has 138 valence electrons. The summed E-state index contributed by atoms with van der Waals surface area (Å²) in [6.45, 7) is 10.1. The SMILES string of the molecule is C=C1CCC2=C(C)C(=O)O[C@@H]2C=C(C)CC[C@H]2O[C@]2(C)CC[C@@H]1OO. The van der Waals surface area contributed by atoms with Crippen molar-refractivity contribution in [3.63, 3.8) is 0 Å². The van der Waals surface area contributed by atoms with E-state index in [4.69, 9.17) is 9.47 Å². The van der Waals surface area contributed by atoms with E-state index in [0.29, 0.717) is 24.8 Å². The average molecular weight is 348 g/mol. The van der Waals surface area contributed by atoms with Crippen LogP contribution in [0.15, 0.2) is 34.9 Å². The van der Waals surface area contributed by atoms with Crippen LogP contribution < -0.4 is 0 Å². The maximum atomic E-state index is 12.0. The molecule has 5 nitrogen and oxygen atoms in total. The van der Waals surface area contributed by atoms with Crippen molar-refractivity contribution >= 4 is 5.97 Å². The van der Waals surface area contributed by atoms with Crippen molar-refractivity contribution < 1.29 is 24.4 Å². The molecule has 0 unspecified atom stereocenters. The number of carbonyl (C=O) groups excluding carboxylic acids is 1. The number of hydrogen-bond acceptors (Lipinski definition) is 5. The van der Waals surface area contributed by atoms with E-state index in [-0.39, 0.29) is 23.8 Å². The highest BCUT2D eigenvalue weighted by Gasteiger charge is 2.51. The second kappa shape index (κ2) is 7.06. The third kappa shape index (κ3) is 3.89. The van der Waals surface area contributed by atoms with Crippen LogP contribution in [-0.2, 0) is 19.2 Å². The predicted octanol–water partition coefficient (Wildman–Crippen LogP) is 4.10. The van der Waals surface area contributed by atoms with Gasteiger partial charge in [-0.2, -0.15) is 0 Å². The fraction of sp³-hybridized carbons (Fsp3) is 0.650. The highest BCUT2D eigenvalue weighted by Crippen LogP contribution is 2.44. The monoisotopic (exact) mass is 348 g/mol. The molecule has 2 aliphatic heterocycles. The predicted molar refractivity (Wildman–Crippen MR) is 94.0 cm³/mol. The zero-order valence-corrected chi connectivity index (χ0v) is 15.3. The molecule has 1 aliphatic carbocycles. The van der Waals surface area contributed by atoms with E-state index in [1.165, 1.54) is 5.57 Å². The van der Waals surface area contributed by atoms with Gasteiger partial charge in [0.1, 0.15) is 12.2 Å². The Hall–Kier alpha value is -1.43. The zero-order chi connectivity index (χ0) is 18.2. The van der Waals surface area contributed by atoms with Gasteiger partial charge in [-0.1, -0.05) is 12.2 Å². The van der Waals surface area contributed by atoms with Gasteiger partial charge in [0.25, 0.3) is 0 Å². The number of allylic oxidation sites excluding steroid dienone is 1. The molecule has 2 heterocycles. The fourth-order valence-electron chi connectivity index (χ4n) is 3.86. The van der Waals surface area contributed by atoms with E-state index in [2.05, 4.69) is 31.4 Å². The first kappa shape index (κ1) is 18.4. The minimum Gasteiger partial charge on any atom is -0.450 e. The minimum atomic E-state index is -0.403. The molecule has 0 aromatic rings. The van der Waals surface area contributed by atoms with Crippen molar-refractivity contribution in [1.29, 1.82) is 0 Å². The van der Waals surface area contributed by atoms with Crippen LogP contribution >= 0.6 is 0 Å². The molecular weight excluding hydrogens is 320 g/mol. The molecule has 1 N–H and O–H groups in total. The topological polar surface area (TPSA) is 68.3 Å². The molecule has 1 saturated heterocycles. The van der Waals surface area contributed by atoms with Gasteiger partial charge in [-0.3, -0.25) is 5.26 Å². The maximum Gasteiger partial charge on any atom is 0.334 e. The van der Waals surface area contributed by atoms with Gasteiger partial charge in [0.15, 0.2) is 0 Å². The lowest BCUT2D eigenvalue weighted by atomic mass is 9.90. The summed E-state index contributed by atoms with van der Waals surface area (Å²) in [4.78, 5) is 16.6. The quantitative estimate of drug-likeness (QED) is 0.254. The number of esters is 1. The lowest BCUT2D eigenvalue weighted by Gasteiger charge is -2.19. The zero-order valence-electron chi connectivity index (χ0n) is 15.3. The molecule has 0 amide bonds. The summed E-state index contributed by atoms with van der Waals surface area (Å²) in [5.41, 5.74) is 3.61. The molecule has 0 saturated carbocycles. The first-order valence-electron chi connectivity index (χ1n) is 9.07. The number of hydrogen-bond donors (Lipinski definition) is 1. The van der Waals surface area contributed by atoms with Crippen molar-refractivity contribution in [1.82, 2.24) is 0 Å². The van der Waals surface area contributed by atoms with Gasteiger partial charge in [0, 0.05) is 5.57 Å². The second-order valence-electron chi connectivity index (χ2n) is 7.74. The molecular formula is C20H28O5. The summed E-state index contributed by atoms with van der Waals surface area (Å²) in [5, 5.41) is 9.26. The van der Waals surface area contributed by atoms with E-state index < -0.39 is 6.10 Å². The van der Waals surface area contributed by atoms with Crippen LogP contribution in [-0.4, -0.2) is 35.1 Å². The van der Waals surface area contributed by atoms with Crippen LogP contribution in [0.2, 0.25) is 0 Å². The molecule has 0 bridgehead atoms. The van der Waals surface area contributed by atoms with E-state index in [1.807, 2.05) is 6.92 Å². The summed E-state index contributed by atoms with van der Waals surface area (Å²) in [6.07, 6.45) is 6.30. The van der Waals surface area contributed by atoms with Gasteiger partial charge < -0.3 is 9.47 Å². The Balaban J connectivity index is 1.82. The lowest BCUT2D eigenvalue weighted by Crippen LogP contribution is -2.20. The Labute approximate surface area is 149 Å². The van der Waals surface area contributed by atoms with Crippen molar-refractivity contribution in [3.05, 3.63) is 34.9 Å². The molecule has 4 atom stereocenters. The van der Waals surface area contributed by atoms with Gasteiger partial charge in [-0.25, -0.2) is 9.68 Å². The molecule has 0 radical (unpaired) electrons. The molecule has 0 aromatic carbocycles. The fourth-order valence-corrected chi connectivity index (χ4v) is 3.86. The number of rotatable bonds is 1. The first-order chi connectivity index (χ1) is 11.8. The average Bonchev–Trinajstić information content (AvgIpc) is 3.14. The Bertz CT molecular complexity index is 632. The van der Waals surface area contributed by atoms with Gasteiger partial charge in [-0.05, 0) is 76.5 Å². The summed E-state index contributed by atoms with van der Waals surface area (Å²) >= 11 is 0. The van der Waals surface area contributed by atoms with Gasteiger partial charge in [0.05, 0.1) is 11.7 Å². The molecule has 1 fully saturated rings. The first-order valence-corrected chi connectivity index (χ1v) is 9.07. The molecule has 3 rings (SSSR count). The number of epoxide rings is 1. The molecule has 5 heteroatoms. The van der Waals surface area contributed by atoms with Gasteiger partial charge in [-0.15, -0.1) is 0 Å². The molecule has 25 heavy (non-hydrogen) atoms. The second-order valence-corrected chi connectivity index (χ2v) is 7.74. The Morgan fingerprint density at radius 3 is 2.76 bits per heavy atom. The van der Waals surface area contributed by atoms with Gasteiger partial charge in [0.2, 0.25) is 0 Å². The summed E-state index contributed by atoms with van der Waals surface area (Å²) in [6, 6.07) is 0. The van der Waals surface area contributed by atoms with E-state index in [0.717, 1.165) is 30.4 Å². The highest BCUT2D eigenvalue weighted by atomic mass is 17.1. The smallest absolute Gasteiger partial charge is 0.334 e. The van der Waals surface area contributed by atoms with E-state index in [9.17, 15) is 10.1 Å². The molecule has 0 aromatic heterocycles. The summed E-state index contributed by atoms with van der Waals surface area (Å²) in [7, 11) is 0. The van der Waals surface area contributed by atoms with Crippen molar-refractivity contribution in [3.8, 4) is 0 Å². The largest absolute Gasteiger partial charge is 0.450 e. The number of ether oxygens (including phenoxy) is 2. The van der Waals surface area contributed by atoms with Crippen LogP contribution in [0.5, 0.6) is 0 Å². The van der Waals surface area contributed by atoms with Gasteiger partial charge >= 0.3 is 5.97 Å². The van der Waals surface area contributed by atoms with Crippen molar-refractivity contribution in [2.24, 2.45) is 0 Å². The van der Waals surface area contributed by atoms with Crippen molar-refractivity contribution in [2.75, 3.05) is 0 Å². The van der Waals surface area contributed by atoms with Crippen LogP contribution in [0.3, 0.4) is 0 Å². The van der Waals surface area contributed by atoms with Crippen LogP contribution in [0.25, 0.3) is 0 Å². The maximum absolute atomic E-state index is 12.0. The summed E-state index contributed by atoms with van der Waals surface area (Å²) < 4.78 is 11.4. The Morgan fingerprint density at radius 1 is 1.28 bits per heavy atom. The highest BCUT2D eigenvalue weighted by molar-refractivity contribution is 5.92. The van der Waals surface area contributed by atoms with E-state index in [1.54, 1.807) is 0 Å². The Kier molecular flexibility index (Phi) is 5.19. The lowest BCUT2D eigenvalue weighted by molar-refractivity contribution is -0.270. The van der Waals surface area contributed by atoms with Crippen molar-refractivity contribution in [2.45, 2.75) is 83.2 Å². The molecule has 0 spiro atoms. The van der Waals surface area contributed by atoms with Crippen LogP contribution in [0.4, 0.5) is 0 Å². The number of carbonyl (C=O) groups is 1. The van der Waals surface area contributed by atoms with E-state index >= 15 is 0 Å². The Morgan fingerprint density at radius 2 is 2.04 bits per heavy atom. The standard InChI is InChI=1S/C20H28O5/c1-12-5-8-18-20(4,24-18)10-9-16(25-22)13(2)6-7-15-14(3)19(21)23-17(15)11-12/h11,16-18,22H,2,5-10H2,1,3-4H3/t16-,17+,18+,20+/m0/s1. The third-order valence-corrected chi connectivity index (χ3v) is 5.84. The van der Waals surface area contributed by atoms with Crippen LogP contribution in [0.1, 0.15) is 59.3 Å². The molecule has 3 aliphatic rings. The third-order valence-electron chi connectivity index (χ3n) is 5.84. The minimum absolute atomic E-state index is 0.136.